The van der Waals surface area contributed by atoms with Crippen molar-refractivity contribution in [1.82, 2.24) is 4.72 Å². The molecule has 0 radical (unpaired) electrons. The van der Waals surface area contributed by atoms with Crippen LogP contribution in [0.1, 0.15) is 18.1 Å². The Morgan fingerprint density at radius 3 is 2.38 bits per heavy atom. The van der Waals surface area contributed by atoms with Crippen LogP contribution in [0.15, 0.2) is 53.4 Å². The van der Waals surface area contributed by atoms with E-state index in [4.69, 9.17) is 4.74 Å². The zero-order valence-corrected chi connectivity index (χ0v) is 16.6. The Labute approximate surface area is 167 Å². The van der Waals surface area contributed by atoms with Crippen molar-refractivity contribution in [3.8, 4) is 0 Å². The molecule has 0 spiro atoms. The van der Waals surface area contributed by atoms with Gasteiger partial charge in [0.15, 0.2) is 0 Å². The zero-order valence-electron chi connectivity index (χ0n) is 15.8. The van der Waals surface area contributed by atoms with Gasteiger partial charge in [0, 0.05) is 18.8 Å². The van der Waals surface area contributed by atoms with E-state index < -0.39 is 33.7 Å². The SMILES string of the molecule is COCC(C)NS(=O)(=O)c1ccc(NC(=O)Cc2cccc(C(F)(F)F)c2)cc1. The minimum atomic E-state index is -4.48. The van der Waals surface area contributed by atoms with Crippen molar-refractivity contribution in [2.24, 2.45) is 0 Å². The smallest absolute Gasteiger partial charge is 0.383 e. The molecule has 6 nitrogen and oxygen atoms in total. The Hall–Kier alpha value is -2.43. The summed E-state index contributed by atoms with van der Waals surface area (Å²) < 4.78 is 70.1. The van der Waals surface area contributed by atoms with E-state index in [0.29, 0.717) is 5.69 Å². The lowest BCUT2D eigenvalue weighted by molar-refractivity contribution is -0.137. The summed E-state index contributed by atoms with van der Waals surface area (Å²) in [6.07, 6.45) is -4.73. The number of sulfonamides is 1. The molecular weight excluding hydrogens is 409 g/mol. The molecule has 0 aromatic heterocycles. The fraction of sp³-hybridized carbons (Fsp3) is 0.316. The van der Waals surface area contributed by atoms with Crippen molar-refractivity contribution >= 4 is 21.6 Å². The molecule has 0 bridgehead atoms. The van der Waals surface area contributed by atoms with Gasteiger partial charge in [-0.25, -0.2) is 13.1 Å². The van der Waals surface area contributed by atoms with Crippen molar-refractivity contribution in [1.29, 1.82) is 0 Å². The van der Waals surface area contributed by atoms with Crippen LogP contribution >= 0.6 is 0 Å². The van der Waals surface area contributed by atoms with Crippen molar-refractivity contribution in [2.45, 2.75) is 30.5 Å². The molecule has 2 rings (SSSR count). The second-order valence-electron chi connectivity index (χ2n) is 6.43. The van der Waals surface area contributed by atoms with E-state index in [1.54, 1.807) is 6.92 Å². The van der Waals surface area contributed by atoms with Gasteiger partial charge in [-0.3, -0.25) is 4.79 Å². The van der Waals surface area contributed by atoms with Gasteiger partial charge in [-0.2, -0.15) is 13.2 Å². The van der Waals surface area contributed by atoms with Crippen LogP contribution in [-0.4, -0.2) is 34.1 Å². The van der Waals surface area contributed by atoms with E-state index >= 15 is 0 Å². The summed E-state index contributed by atoms with van der Waals surface area (Å²) >= 11 is 0. The molecule has 0 aliphatic carbocycles. The number of ether oxygens (including phenoxy) is 1. The number of amides is 1. The molecule has 29 heavy (non-hydrogen) atoms. The largest absolute Gasteiger partial charge is 0.416 e. The highest BCUT2D eigenvalue weighted by molar-refractivity contribution is 7.89. The van der Waals surface area contributed by atoms with Crippen LogP contribution in [0.5, 0.6) is 0 Å². The van der Waals surface area contributed by atoms with Crippen LogP contribution < -0.4 is 10.0 Å². The summed E-state index contributed by atoms with van der Waals surface area (Å²) in [5.74, 6) is -0.522. The number of hydrogen-bond donors (Lipinski definition) is 2. The number of carbonyl (C=O) groups is 1. The fourth-order valence-corrected chi connectivity index (χ4v) is 3.81. The average molecular weight is 430 g/mol. The monoisotopic (exact) mass is 430 g/mol. The molecule has 1 unspecified atom stereocenters. The van der Waals surface area contributed by atoms with E-state index in [0.717, 1.165) is 12.1 Å². The third-order valence-electron chi connectivity index (χ3n) is 3.84. The number of nitrogens with one attached hydrogen (secondary N) is 2. The van der Waals surface area contributed by atoms with Gasteiger partial charge in [0.2, 0.25) is 15.9 Å². The first-order chi connectivity index (χ1) is 13.5. The van der Waals surface area contributed by atoms with Gasteiger partial charge in [-0.05, 0) is 42.8 Å². The zero-order chi connectivity index (χ0) is 21.7. The maximum atomic E-state index is 12.7. The highest BCUT2D eigenvalue weighted by Crippen LogP contribution is 2.29. The van der Waals surface area contributed by atoms with Crippen molar-refractivity contribution in [3.63, 3.8) is 0 Å². The van der Waals surface area contributed by atoms with Gasteiger partial charge < -0.3 is 10.1 Å². The summed E-state index contributed by atoms with van der Waals surface area (Å²) in [4.78, 5) is 12.1. The molecule has 0 saturated carbocycles. The fourth-order valence-electron chi connectivity index (χ4n) is 2.58. The normalized spacial score (nSPS) is 13.1. The number of carbonyl (C=O) groups excluding carboxylic acids is 1. The first-order valence-corrected chi connectivity index (χ1v) is 10.1. The molecule has 2 aromatic rings. The Kier molecular flexibility index (Phi) is 7.39. The van der Waals surface area contributed by atoms with Crippen molar-refractivity contribution < 1.29 is 31.1 Å². The minimum absolute atomic E-state index is 0.0105. The maximum absolute atomic E-state index is 12.7. The van der Waals surface area contributed by atoms with E-state index in [1.807, 2.05) is 0 Å². The van der Waals surface area contributed by atoms with Crippen LogP contribution in [0.25, 0.3) is 0 Å². The van der Waals surface area contributed by atoms with E-state index in [-0.39, 0.29) is 23.5 Å². The lowest BCUT2D eigenvalue weighted by atomic mass is 10.1. The van der Waals surface area contributed by atoms with Crippen LogP contribution in [0.2, 0.25) is 0 Å². The number of hydrogen-bond acceptors (Lipinski definition) is 4. The first kappa shape index (κ1) is 22.9. The molecule has 0 heterocycles. The molecule has 2 aromatic carbocycles. The molecule has 0 saturated heterocycles. The number of alkyl halides is 3. The minimum Gasteiger partial charge on any atom is -0.383 e. The topological polar surface area (TPSA) is 84.5 Å². The average Bonchev–Trinajstić information content (AvgIpc) is 2.61. The van der Waals surface area contributed by atoms with Crippen molar-refractivity contribution in [3.05, 3.63) is 59.7 Å². The predicted molar refractivity (Wildman–Crippen MR) is 102 cm³/mol. The van der Waals surface area contributed by atoms with Crippen LogP contribution in [0.4, 0.5) is 18.9 Å². The molecule has 158 valence electrons. The summed E-state index contributed by atoms with van der Waals surface area (Å²) in [5, 5.41) is 2.53. The first-order valence-electron chi connectivity index (χ1n) is 8.58. The number of rotatable bonds is 8. The summed E-state index contributed by atoms with van der Waals surface area (Å²) in [6, 6.07) is 9.55. The van der Waals surface area contributed by atoms with Gasteiger partial charge in [0.25, 0.3) is 0 Å². The highest BCUT2D eigenvalue weighted by Gasteiger charge is 2.30. The van der Waals surface area contributed by atoms with Crippen molar-refractivity contribution in [2.75, 3.05) is 19.0 Å². The number of methoxy groups -OCH3 is 1. The van der Waals surface area contributed by atoms with E-state index in [9.17, 15) is 26.4 Å². The third-order valence-corrected chi connectivity index (χ3v) is 5.45. The number of halogens is 3. The Morgan fingerprint density at radius 2 is 1.79 bits per heavy atom. The lowest BCUT2D eigenvalue weighted by Crippen LogP contribution is -2.35. The summed E-state index contributed by atoms with van der Waals surface area (Å²) in [5.41, 5.74) is -0.286. The van der Waals surface area contributed by atoms with Crippen LogP contribution in [0, 0.1) is 0 Å². The van der Waals surface area contributed by atoms with Gasteiger partial charge in [0.1, 0.15) is 0 Å². The standard InChI is InChI=1S/C19H21F3N2O4S/c1-13(12-28-2)24-29(26,27)17-8-6-16(7-9-17)23-18(25)11-14-4-3-5-15(10-14)19(20,21)22/h3-10,13,24H,11-12H2,1-2H3,(H,23,25). The molecular formula is C19H21F3N2O4S. The maximum Gasteiger partial charge on any atom is 0.416 e. The third kappa shape index (κ3) is 6.84. The second kappa shape index (κ2) is 9.38. The molecule has 1 amide bonds. The Bertz CT molecular complexity index is 945. The molecule has 0 fully saturated rings. The molecule has 0 aliphatic heterocycles. The van der Waals surface area contributed by atoms with Gasteiger partial charge >= 0.3 is 6.18 Å². The number of benzene rings is 2. The quantitative estimate of drug-likeness (QED) is 0.674. The summed E-state index contributed by atoms with van der Waals surface area (Å²) in [6.45, 7) is 1.87. The predicted octanol–water partition coefficient (Wildman–Crippen LogP) is 3.20. The molecule has 1 atom stereocenters. The lowest BCUT2D eigenvalue weighted by Gasteiger charge is -2.13. The van der Waals surface area contributed by atoms with Gasteiger partial charge in [-0.1, -0.05) is 18.2 Å². The van der Waals surface area contributed by atoms with Gasteiger partial charge in [-0.15, -0.1) is 0 Å². The second-order valence-corrected chi connectivity index (χ2v) is 8.14. The Morgan fingerprint density at radius 1 is 1.14 bits per heavy atom. The van der Waals surface area contributed by atoms with Gasteiger partial charge in [0.05, 0.1) is 23.5 Å². The van der Waals surface area contributed by atoms with E-state index in [2.05, 4.69) is 10.0 Å². The Balaban J connectivity index is 2.02. The van der Waals surface area contributed by atoms with Crippen LogP contribution in [-0.2, 0) is 32.2 Å². The number of anilines is 1. The highest BCUT2D eigenvalue weighted by atomic mass is 32.2. The molecule has 2 N–H and O–H groups in total. The van der Waals surface area contributed by atoms with E-state index in [1.165, 1.54) is 43.5 Å². The molecule has 0 aliphatic rings. The summed E-state index contributed by atoms with van der Waals surface area (Å²) in [7, 11) is -2.28. The van der Waals surface area contributed by atoms with Crippen LogP contribution in [0.3, 0.4) is 0 Å². The molecule has 10 heteroatoms.